The van der Waals surface area contributed by atoms with Crippen LogP contribution in [0.1, 0.15) is 18.9 Å². The van der Waals surface area contributed by atoms with Gasteiger partial charge in [0.05, 0.1) is 12.5 Å². The SMILES string of the molecule is C[C@H](CC#N)[C@@H](NC(=O)Cc1ccc(F)cc1)C(=O)O. The lowest BCUT2D eigenvalue weighted by atomic mass is 9.98. The number of nitriles is 1. The first kappa shape index (κ1) is 15.6. The van der Waals surface area contributed by atoms with Gasteiger partial charge in [-0.25, -0.2) is 9.18 Å². The molecule has 0 bridgehead atoms. The fraction of sp³-hybridized carbons (Fsp3) is 0.357. The Morgan fingerprint density at radius 1 is 1.40 bits per heavy atom. The molecular weight excluding hydrogens is 263 g/mol. The molecule has 0 aliphatic heterocycles. The number of carboxylic acid groups (broad SMARTS) is 1. The molecule has 6 heteroatoms. The second-order valence-electron chi connectivity index (χ2n) is 4.53. The summed E-state index contributed by atoms with van der Waals surface area (Å²) in [6, 6.07) is 6.15. The second kappa shape index (κ2) is 7.24. The summed E-state index contributed by atoms with van der Waals surface area (Å²) in [6.45, 7) is 1.58. The van der Waals surface area contributed by atoms with Gasteiger partial charge in [-0.3, -0.25) is 4.79 Å². The van der Waals surface area contributed by atoms with E-state index >= 15 is 0 Å². The molecule has 0 saturated heterocycles. The standard InChI is InChI=1S/C14H15FN2O3/c1-9(6-7-16)13(14(19)20)17-12(18)8-10-2-4-11(15)5-3-10/h2-5,9,13H,6,8H2,1H3,(H,17,18)(H,19,20)/t9-,13-/m1/s1. The molecule has 0 aromatic heterocycles. The summed E-state index contributed by atoms with van der Waals surface area (Å²) in [5.41, 5.74) is 0.584. The van der Waals surface area contributed by atoms with E-state index in [-0.39, 0.29) is 12.8 Å². The van der Waals surface area contributed by atoms with Crippen LogP contribution in [-0.2, 0) is 16.0 Å². The Labute approximate surface area is 116 Å². The maximum absolute atomic E-state index is 12.7. The molecule has 2 N–H and O–H groups in total. The van der Waals surface area contributed by atoms with Gasteiger partial charge in [0.2, 0.25) is 5.91 Å². The molecule has 0 aliphatic carbocycles. The molecule has 0 aliphatic rings. The van der Waals surface area contributed by atoms with E-state index in [0.717, 1.165) is 0 Å². The Kier molecular flexibility index (Phi) is 5.66. The van der Waals surface area contributed by atoms with Gasteiger partial charge >= 0.3 is 5.97 Å². The maximum Gasteiger partial charge on any atom is 0.326 e. The van der Waals surface area contributed by atoms with Crippen LogP contribution in [0.5, 0.6) is 0 Å². The van der Waals surface area contributed by atoms with Gasteiger partial charge in [0.15, 0.2) is 0 Å². The van der Waals surface area contributed by atoms with Crippen LogP contribution < -0.4 is 5.32 Å². The lowest BCUT2D eigenvalue weighted by Gasteiger charge is -2.19. The molecule has 2 atom stereocenters. The molecule has 0 unspecified atom stereocenters. The van der Waals surface area contributed by atoms with Crippen molar-refractivity contribution in [1.29, 1.82) is 5.26 Å². The molecule has 0 spiro atoms. The number of rotatable bonds is 6. The molecule has 1 amide bonds. The fourth-order valence-corrected chi connectivity index (χ4v) is 1.72. The van der Waals surface area contributed by atoms with Crippen LogP contribution in [-0.4, -0.2) is 23.0 Å². The highest BCUT2D eigenvalue weighted by molar-refractivity contribution is 5.85. The zero-order valence-electron chi connectivity index (χ0n) is 11.0. The van der Waals surface area contributed by atoms with Crippen molar-refractivity contribution < 1.29 is 19.1 Å². The maximum atomic E-state index is 12.7. The number of aliphatic carboxylic acids is 1. The van der Waals surface area contributed by atoms with E-state index in [1.807, 2.05) is 6.07 Å². The monoisotopic (exact) mass is 278 g/mol. The lowest BCUT2D eigenvalue weighted by molar-refractivity contribution is -0.143. The van der Waals surface area contributed by atoms with Crippen molar-refractivity contribution in [3.05, 3.63) is 35.6 Å². The van der Waals surface area contributed by atoms with Crippen LogP contribution in [0.25, 0.3) is 0 Å². The Bertz CT molecular complexity index is 522. The van der Waals surface area contributed by atoms with Crippen LogP contribution in [0.3, 0.4) is 0 Å². The number of halogens is 1. The number of benzene rings is 1. The van der Waals surface area contributed by atoms with E-state index in [4.69, 9.17) is 10.4 Å². The van der Waals surface area contributed by atoms with Crippen LogP contribution in [0.4, 0.5) is 4.39 Å². The quantitative estimate of drug-likeness (QED) is 0.824. The highest BCUT2D eigenvalue weighted by Crippen LogP contribution is 2.09. The number of hydrogen-bond acceptors (Lipinski definition) is 3. The molecule has 5 nitrogen and oxygen atoms in total. The zero-order valence-corrected chi connectivity index (χ0v) is 11.0. The minimum Gasteiger partial charge on any atom is -0.480 e. The van der Waals surface area contributed by atoms with Gasteiger partial charge in [-0.1, -0.05) is 19.1 Å². The van der Waals surface area contributed by atoms with E-state index in [0.29, 0.717) is 5.56 Å². The van der Waals surface area contributed by atoms with Crippen molar-refractivity contribution in [2.45, 2.75) is 25.8 Å². The van der Waals surface area contributed by atoms with E-state index in [1.165, 1.54) is 24.3 Å². The van der Waals surface area contributed by atoms with Crippen molar-refractivity contribution in [2.75, 3.05) is 0 Å². The number of carbonyl (C=O) groups excluding carboxylic acids is 1. The van der Waals surface area contributed by atoms with Crippen molar-refractivity contribution in [2.24, 2.45) is 5.92 Å². The summed E-state index contributed by atoms with van der Waals surface area (Å²) in [7, 11) is 0. The predicted octanol–water partition coefficient (Wildman–Crippen LogP) is 1.49. The fourth-order valence-electron chi connectivity index (χ4n) is 1.72. The third kappa shape index (κ3) is 4.69. The van der Waals surface area contributed by atoms with Gasteiger partial charge in [-0.05, 0) is 17.7 Å². The van der Waals surface area contributed by atoms with Crippen molar-refractivity contribution >= 4 is 11.9 Å². The third-order valence-corrected chi connectivity index (χ3v) is 2.84. The average Bonchev–Trinajstić information content (AvgIpc) is 2.38. The molecule has 0 radical (unpaired) electrons. The number of hydrogen-bond donors (Lipinski definition) is 2. The zero-order chi connectivity index (χ0) is 15.1. The molecule has 0 saturated carbocycles. The highest BCUT2D eigenvalue weighted by Gasteiger charge is 2.26. The van der Waals surface area contributed by atoms with E-state index < -0.39 is 29.7 Å². The highest BCUT2D eigenvalue weighted by atomic mass is 19.1. The van der Waals surface area contributed by atoms with Gasteiger partial charge in [0, 0.05) is 12.3 Å². The first-order valence-corrected chi connectivity index (χ1v) is 6.07. The van der Waals surface area contributed by atoms with Gasteiger partial charge < -0.3 is 10.4 Å². The van der Waals surface area contributed by atoms with E-state index in [1.54, 1.807) is 6.92 Å². The summed E-state index contributed by atoms with van der Waals surface area (Å²) in [5.74, 6) is -2.55. The Balaban J connectivity index is 2.65. The number of amides is 1. The molecule has 1 aromatic rings. The summed E-state index contributed by atoms with van der Waals surface area (Å²) in [4.78, 5) is 22.8. The van der Waals surface area contributed by atoms with Gasteiger partial charge in [0.1, 0.15) is 11.9 Å². The number of carbonyl (C=O) groups is 2. The molecule has 0 fully saturated rings. The predicted molar refractivity (Wildman–Crippen MR) is 69.1 cm³/mol. The minimum atomic E-state index is -1.18. The molecule has 106 valence electrons. The molecular formula is C14H15FN2O3. The van der Waals surface area contributed by atoms with Crippen LogP contribution in [0.2, 0.25) is 0 Å². The number of nitrogens with zero attached hydrogens (tertiary/aromatic N) is 1. The van der Waals surface area contributed by atoms with E-state index in [2.05, 4.69) is 5.32 Å². The lowest BCUT2D eigenvalue weighted by Crippen LogP contribution is -2.45. The first-order valence-electron chi connectivity index (χ1n) is 6.07. The molecule has 0 heterocycles. The molecule has 20 heavy (non-hydrogen) atoms. The average molecular weight is 278 g/mol. The minimum absolute atomic E-state index is 0.0355. The van der Waals surface area contributed by atoms with Gasteiger partial charge in [0.25, 0.3) is 0 Å². The Morgan fingerprint density at radius 3 is 2.50 bits per heavy atom. The van der Waals surface area contributed by atoms with Crippen molar-refractivity contribution in [3.63, 3.8) is 0 Å². The summed E-state index contributed by atoms with van der Waals surface area (Å²) in [6.07, 6.45) is -0.00285. The second-order valence-corrected chi connectivity index (χ2v) is 4.53. The third-order valence-electron chi connectivity index (χ3n) is 2.84. The van der Waals surface area contributed by atoms with E-state index in [9.17, 15) is 14.0 Å². The molecule has 1 rings (SSSR count). The van der Waals surface area contributed by atoms with Crippen LogP contribution >= 0.6 is 0 Å². The van der Waals surface area contributed by atoms with Crippen LogP contribution in [0.15, 0.2) is 24.3 Å². The first-order chi connectivity index (χ1) is 9.43. The molecule has 1 aromatic carbocycles. The number of nitrogens with one attached hydrogen (secondary N) is 1. The van der Waals surface area contributed by atoms with Crippen molar-refractivity contribution in [1.82, 2.24) is 5.32 Å². The van der Waals surface area contributed by atoms with Gasteiger partial charge in [-0.2, -0.15) is 5.26 Å². The summed E-state index contributed by atoms with van der Waals surface area (Å²) in [5, 5.41) is 20.0. The summed E-state index contributed by atoms with van der Waals surface area (Å²) >= 11 is 0. The Hall–Kier alpha value is -2.42. The largest absolute Gasteiger partial charge is 0.480 e. The van der Waals surface area contributed by atoms with Gasteiger partial charge in [-0.15, -0.1) is 0 Å². The smallest absolute Gasteiger partial charge is 0.326 e. The Morgan fingerprint density at radius 2 is 2.00 bits per heavy atom. The normalized spacial score (nSPS) is 13.1. The summed E-state index contributed by atoms with van der Waals surface area (Å²) < 4.78 is 12.7. The van der Waals surface area contributed by atoms with Crippen LogP contribution in [0, 0.1) is 23.1 Å². The topological polar surface area (TPSA) is 90.2 Å². The number of carboxylic acids is 1. The van der Waals surface area contributed by atoms with Crippen molar-refractivity contribution in [3.8, 4) is 6.07 Å².